The van der Waals surface area contributed by atoms with Crippen LogP contribution in [0.3, 0.4) is 0 Å². The van der Waals surface area contributed by atoms with Crippen LogP contribution in [0.2, 0.25) is 0 Å². The summed E-state index contributed by atoms with van der Waals surface area (Å²) in [6.45, 7) is 6.06. The number of fused-ring (bicyclic) bond motifs is 9. The number of hydrogen-bond acceptors (Lipinski definition) is 17. The van der Waals surface area contributed by atoms with E-state index in [2.05, 4.69) is 38.0 Å². The summed E-state index contributed by atoms with van der Waals surface area (Å²) in [5.74, 6) is -5.37. The highest BCUT2D eigenvalue weighted by Gasteiger charge is 2.76. The van der Waals surface area contributed by atoms with Crippen LogP contribution in [0.15, 0.2) is 103 Å². The Labute approximate surface area is 558 Å². The number of para-hydroxylation sites is 1. The summed E-state index contributed by atoms with van der Waals surface area (Å²) >= 11 is 0. The van der Waals surface area contributed by atoms with Crippen molar-refractivity contribution in [2.24, 2.45) is 28.6 Å². The minimum absolute atomic E-state index is 0.0375. The minimum atomic E-state index is -1.54. The number of nitrogens with zero attached hydrogens (tertiary/aromatic N) is 1. The summed E-state index contributed by atoms with van der Waals surface area (Å²) in [7, 11) is 0. The first-order chi connectivity index (χ1) is 46.3. The number of allylic oxidation sites excluding steroid dienone is 4. The normalized spacial score (nSPS) is 25.7. The Bertz CT molecular complexity index is 3350. The average molecular weight is 1330 g/mol. The predicted octanol–water partition coefficient (Wildman–Crippen LogP) is 3.91. The molecular weight excluding hydrogens is 1240 g/mol. The molecule has 2 aliphatic heterocycles. The van der Waals surface area contributed by atoms with Crippen molar-refractivity contribution < 1.29 is 85.8 Å². The third-order valence-electron chi connectivity index (χ3n) is 19.1. The Morgan fingerprint density at radius 2 is 1.32 bits per heavy atom. The van der Waals surface area contributed by atoms with Gasteiger partial charge in [0.1, 0.15) is 25.6 Å². The summed E-state index contributed by atoms with van der Waals surface area (Å²) in [4.78, 5) is 119. The van der Waals surface area contributed by atoms with Gasteiger partial charge in [-0.15, -0.1) is 0 Å². The molecule has 518 valence electrons. The van der Waals surface area contributed by atoms with Crippen LogP contribution in [-0.4, -0.2) is 187 Å². The summed E-state index contributed by atoms with van der Waals surface area (Å²) in [5, 5.41) is 27.4. The predicted molar refractivity (Wildman–Crippen MR) is 349 cm³/mol. The molecule has 24 nitrogen and oxygen atoms in total. The van der Waals surface area contributed by atoms with Gasteiger partial charge in [0.25, 0.3) is 0 Å². The summed E-state index contributed by atoms with van der Waals surface area (Å²) in [6.07, 6.45) is 6.74. The number of ketones is 2. The molecular formula is C71H90FN7O17. The van der Waals surface area contributed by atoms with Gasteiger partial charge in [0.2, 0.25) is 41.4 Å². The first-order valence-electron chi connectivity index (χ1n) is 33.2. The number of Topliss-reactive ketones (excluding diaryl/α,β-unsaturated/α-hetero) is 1. The second kappa shape index (κ2) is 34.4. The molecule has 6 aliphatic rings. The zero-order chi connectivity index (χ0) is 68.2. The Balaban J connectivity index is 0.595. The smallest absolute Gasteiger partial charge is 0.243 e. The number of anilines is 1. The lowest BCUT2D eigenvalue weighted by atomic mass is 9.46. The number of amides is 7. The molecule has 4 fully saturated rings. The number of aliphatic hydroxyl groups is 1. The van der Waals surface area contributed by atoms with Crippen molar-refractivity contribution in [1.29, 1.82) is 0 Å². The fourth-order valence-corrected chi connectivity index (χ4v) is 14.6. The number of halogens is 1. The molecule has 0 radical (unpaired) electrons. The lowest BCUT2D eigenvalue weighted by molar-refractivity contribution is -0.203. The number of carbonyl (C=O) groups is 9. The van der Waals surface area contributed by atoms with Crippen molar-refractivity contribution >= 4 is 70.8 Å². The van der Waals surface area contributed by atoms with Crippen LogP contribution in [0, 0.1) is 28.6 Å². The van der Waals surface area contributed by atoms with Gasteiger partial charge in [-0.1, -0.05) is 118 Å². The molecule has 96 heavy (non-hydrogen) atoms. The summed E-state index contributed by atoms with van der Waals surface area (Å²) in [6, 6.07) is 23.3. The van der Waals surface area contributed by atoms with E-state index in [9.17, 15) is 48.3 Å². The first kappa shape index (κ1) is 72.4. The fraction of sp³-hybridized carbons (Fsp3) is 0.535. The highest BCUT2D eigenvalue weighted by Crippen LogP contribution is 2.70. The van der Waals surface area contributed by atoms with Crippen molar-refractivity contribution in [1.82, 2.24) is 31.9 Å². The molecule has 3 saturated carbocycles. The highest BCUT2D eigenvalue weighted by molar-refractivity contribution is 6.01. The van der Waals surface area contributed by atoms with E-state index in [4.69, 9.17) is 33.2 Å². The molecule has 7 N–H and O–H groups in total. The number of ether oxygens (including phenoxy) is 7. The number of benzene rings is 3. The Kier molecular flexibility index (Phi) is 25.9. The SMILES string of the molecule is CCCC1O[C@@H]2C[C@H]3[C@@H]4C[C@H](F)C5=CC(=O)C=C[C@]5(C)C4[C@@H](O)C[C@]3(C)[C@]2(C(=O)COCNC(=O)CNC(=O)[C@H](Cc2ccccc2)NC(=O)CNC(=O)CNC(=O)CCOCCOCCOCCOCCNC(=O)CCC(=O)N2Cc3ccccc3/C=C\c3ccccc32)O1. The van der Waals surface area contributed by atoms with Crippen molar-refractivity contribution in [3.8, 4) is 0 Å². The second-order valence-electron chi connectivity index (χ2n) is 25.5. The van der Waals surface area contributed by atoms with E-state index in [0.717, 1.165) is 22.4 Å². The van der Waals surface area contributed by atoms with Crippen molar-refractivity contribution in [2.75, 3.05) is 97.3 Å². The number of hydrogen-bond donors (Lipinski definition) is 7. The number of nitrogens with one attached hydrogen (secondary N) is 6. The molecule has 4 aliphatic carbocycles. The first-order valence-corrected chi connectivity index (χ1v) is 33.2. The van der Waals surface area contributed by atoms with E-state index in [1.807, 2.05) is 75.4 Å². The van der Waals surface area contributed by atoms with Crippen LogP contribution in [0.1, 0.15) is 94.4 Å². The second-order valence-corrected chi connectivity index (χ2v) is 25.5. The number of carbonyl (C=O) groups excluding carboxylic acids is 9. The molecule has 0 spiro atoms. The van der Waals surface area contributed by atoms with Gasteiger partial charge in [-0.2, -0.15) is 0 Å². The van der Waals surface area contributed by atoms with E-state index in [1.165, 1.54) is 12.2 Å². The molecule has 2 heterocycles. The van der Waals surface area contributed by atoms with Gasteiger partial charge in [-0.05, 0) is 83.6 Å². The van der Waals surface area contributed by atoms with E-state index in [1.54, 1.807) is 41.3 Å². The standard InChI is InChI=1S/C71H90FN7O17/c1-4-12-66-95-59-38-52-51-37-54(72)53-36-50(80)23-25-69(53,2)67(51)57(81)39-70(52,3)71(59,96-66)58(82)44-94-45-77-63(86)41-76-68(89)55(35-46-13-6-5-7-14-46)78-64(87)42-75-62(85)40-74-61(84)24-27-90-29-31-92-33-34-93-32-30-91-28-26-73-60(83)21-22-65(88)79-43-49-17-9-8-15-47(49)19-20-48-16-10-11-18-56(48)79/h5-11,13-20,23,25,36,51-52,54-55,57,59,66-67,81H,4,12,21-22,24,26-35,37-45H2,1-3H3,(H,73,83)(H,74,84)(H,75,85)(H,76,89)(H,77,86)(H,78,87)/b20-19-/t51-,52-,54-,55-,57-,59+,66?,67?,69-,70-,71+/m0/s1. The maximum Gasteiger partial charge on any atom is 0.243 e. The number of aliphatic hydroxyl groups excluding tert-OH is 1. The number of rotatable bonds is 35. The third-order valence-corrected chi connectivity index (χ3v) is 19.1. The van der Waals surface area contributed by atoms with Crippen molar-refractivity contribution in [3.05, 3.63) is 125 Å². The van der Waals surface area contributed by atoms with Crippen LogP contribution in [0.4, 0.5) is 10.1 Å². The number of alkyl halides is 1. The zero-order valence-electron chi connectivity index (χ0n) is 54.8. The molecule has 0 bridgehead atoms. The van der Waals surface area contributed by atoms with Crippen LogP contribution < -0.4 is 36.8 Å². The molecule has 3 aromatic rings. The summed E-state index contributed by atoms with van der Waals surface area (Å²) in [5.41, 5.74) is 1.45. The minimum Gasteiger partial charge on any atom is -0.393 e. The maximum atomic E-state index is 16.1. The van der Waals surface area contributed by atoms with Gasteiger partial charge >= 0.3 is 0 Å². The zero-order valence-corrected chi connectivity index (χ0v) is 54.8. The Hall–Kier alpha value is -7.88. The van der Waals surface area contributed by atoms with E-state index < -0.39 is 121 Å². The molecule has 1 saturated heterocycles. The molecule has 9 rings (SSSR count). The molecule has 2 unspecified atom stereocenters. The molecule has 3 aromatic carbocycles. The third kappa shape index (κ3) is 18.0. The Morgan fingerprint density at radius 1 is 0.688 bits per heavy atom. The van der Waals surface area contributed by atoms with Gasteiger partial charge < -0.3 is 75.1 Å². The molecule has 11 atom stereocenters. The van der Waals surface area contributed by atoms with Crippen molar-refractivity contribution in [3.63, 3.8) is 0 Å². The van der Waals surface area contributed by atoms with Crippen LogP contribution in [0.5, 0.6) is 0 Å². The fourth-order valence-electron chi connectivity index (χ4n) is 14.6. The van der Waals surface area contributed by atoms with E-state index in [0.29, 0.717) is 63.4 Å². The van der Waals surface area contributed by atoms with Crippen LogP contribution >= 0.6 is 0 Å². The van der Waals surface area contributed by atoms with E-state index >= 15 is 4.39 Å². The largest absolute Gasteiger partial charge is 0.393 e. The van der Waals surface area contributed by atoms with Gasteiger partial charge in [0.05, 0.1) is 96.9 Å². The highest BCUT2D eigenvalue weighted by atomic mass is 19.1. The van der Waals surface area contributed by atoms with E-state index in [-0.39, 0.29) is 101 Å². The summed E-state index contributed by atoms with van der Waals surface area (Å²) < 4.78 is 57.0. The molecule has 7 amide bonds. The molecule has 25 heteroatoms. The maximum absolute atomic E-state index is 16.1. The van der Waals surface area contributed by atoms with Crippen LogP contribution in [0.25, 0.3) is 12.2 Å². The topological polar surface area (TPSA) is 314 Å². The lowest BCUT2D eigenvalue weighted by Crippen LogP contribution is -2.64. The lowest BCUT2D eigenvalue weighted by Gasteiger charge is -2.60. The monoisotopic (exact) mass is 1330 g/mol. The quantitative estimate of drug-likeness (QED) is 0.0324. The Morgan fingerprint density at radius 3 is 2.07 bits per heavy atom. The van der Waals surface area contributed by atoms with Crippen molar-refractivity contribution in [2.45, 2.75) is 121 Å². The van der Waals surface area contributed by atoms with Gasteiger partial charge in [0.15, 0.2) is 23.5 Å². The average Bonchev–Trinajstić information content (AvgIpc) is 1.50. The van der Waals surface area contributed by atoms with Gasteiger partial charge in [-0.3, -0.25) is 43.2 Å². The van der Waals surface area contributed by atoms with Gasteiger partial charge in [0, 0.05) is 49.0 Å². The van der Waals surface area contributed by atoms with Crippen LogP contribution in [-0.2, 0) is 89.3 Å². The molecule has 0 aromatic heterocycles. The van der Waals surface area contributed by atoms with Gasteiger partial charge in [-0.25, -0.2) is 4.39 Å².